The number of thioether (sulfide) groups is 1. The zero-order chi connectivity index (χ0) is 29.9. The van der Waals surface area contributed by atoms with Gasteiger partial charge in [-0.15, -0.1) is 0 Å². The third kappa shape index (κ3) is 3.28. The third-order valence-electron chi connectivity index (χ3n) is 10.0. The number of para-hydroxylation sites is 1. The fraction of sp³-hybridized carbons (Fsp3) is 0.0233. The van der Waals surface area contributed by atoms with Crippen LogP contribution in [0.1, 0.15) is 10.9 Å². The first-order chi connectivity index (χ1) is 22.8. The lowest BCUT2D eigenvalue weighted by atomic mass is 9.91. The first kappa shape index (κ1) is 24.8. The van der Waals surface area contributed by atoms with E-state index in [1.807, 2.05) is 17.8 Å². The molecule has 46 heavy (non-hydrogen) atoms. The van der Waals surface area contributed by atoms with Crippen LogP contribution in [0.5, 0.6) is 0 Å². The highest BCUT2D eigenvalue weighted by Gasteiger charge is 2.28. The summed E-state index contributed by atoms with van der Waals surface area (Å²) < 4.78 is 6.45. The van der Waals surface area contributed by atoms with E-state index in [1.54, 1.807) is 0 Å². The lowest BCUT2D eigenvalue weighted by molar-refractivity contribution is 0.669. The van der Waals surface area contributed by atoms with Gasteiger partial charge in [-0.25, -0.2) is 0 Å². The third-order valence-corrected chi connectivity index (χ3v) is 11.2. The number of anilines is 1. The molecule has 9 aromatic rings. The maximum atomic E-state index is 6.45. The predicted molar refractivity (Wildman–Crippen MR) is 195 cm³/mol. The minimum Gasteiger partial charge on any atom is -0.456 e. The van der Waals surface area contributed by atoms with Crippen LogP contribution in [0, 0.1) is 0 Å². The first-order valence-corrected chi connectivity index (χ1v) is 16.7. The molecule has 1 N–H and O–H groups in total. The molecule has 1 unspecified atom stereocenters. The van der Waals surface area contributed by atoms with Crippen LogP contribution in [0.2, 0.25) is 0 Å². The molecule has 11 rings (SSSR count). The fourth-order valence-electron chi connectivity index (χ4n) is 8.04. The van der Waals surface area contributed by atoms with Crippen molar-refractivity contribution in [1.29, 1.82) is 0 Å². The van der Waals surface area contributed by atoms with Gasteiger partial charge in [0.25, 0.3) is 0 Å². The van der Waals surface area contributed by atoms with Crippen LogP contribution in [0.4, 0.5) is 5.69 Å². The standard InChI is InChI=1S/C43H25NOS/c1-2-8-25(9-3-1)43-44-42-37(46-43)21-19-24-16-17-26-22-27(18-20-29(26)38(24)42)28-11-6-12-30-31-13-7-14-33-40(31)34(39(28)30)23-36-41(33)32-10-4-5-15-35(32)45-36/h1-23,43-44H. The van der Waals surface area contributed by atoms with Crippen LogP contribution in [-0.4, -0.2) is 0 Å². The van der Waals surface area contributed by atoms with Gasteiger partial charge in [0, 0.05) is 21.1 Å². The number of furan rings is 1. The molecule has 2 nitrogen and oxygen atoms in total. The lowest BCUT2D eigenvalue weighted by Crippen LogP contribution is -2.01. The summed E-state index contributed by atoms with van der Waals surface area (Å²) in [5.74, 6) is 0. The van der Waals surface area contributed by atoms with E-state index in [9.17, 15) is 0 Å². The molecule has 214 valence electrons. The normalized spacial score (nSPS) is 14.8. The second-order valence-electron chi connectivity index (χ2n) is 12.4. The van der Waals surface area contributed by atoms with Crippen LogP contribution >= 0.6 is 11.8 Å². The van der Waals surface area contributed by atoms with E-state index < -0.39 is 0 Å². The summed E-state index contributed by atoms with van der Waals surface area (Å²) in [7, 11) is 0. The predicted octanol–water partition coefficient (Wildman–Crippen LogP) is 12.6. The SMILES string of the molecule is c1ccc(C2Nc3c(ccc4ccc5cc(-c6cccc7c6-c6cc8oc9ccccc9c8c8cccc-7c68)ccc5c34)S2)cc1. The van der Waals surface area contributed by atoms with Crippen molar-refractivity contribution in [2.24, 2.45) is 0 Å². The maximum absolute atomic E-state index is 6.45. The summed E-state index contributed by atoms with van der Waals surface area (Å²) in [5.41, 5.74) is 12.0. The van der Waals surface area contributed by atoms with Gasteiger partial charge >= 0.3 is 0 Å². The molecule has 0 bridgehead atoms. The second-order valence-corrected chi connectivity index (χ2v) is 13.6. The monoisotopic (exact) mass is 603 g/mol. The van der Waals surface area contributed by atoms with E-state index in [0.717, 1.165) is 11.2 Å². The highest BCUT2D eigenvalue weighted by Crippen LogP contribution is 2.54. The quantitative estimate of drug-likeness (QED) is 0.199. The number of fused-ring (bicyclic) bond motifs is 12. The fourth-order valence-corrected chi connectivity index (χ4v) is 9.19. The summed E-state index contributed by atoms with van der Waals surface area (Å²) in [4.78, 5) is 1.31. The number of rotatable bonds is 2. The Kier molecular flexibility index (Phi) is 4.86. The molecule has 0 amide bonds. The van der Waals surface area contributed by atoms with Gasteiger partial charge in [-0.3, -0.25) is 0 Å². The summed E-state index contributed by atoms with van der Waals surface area (Å²) in [6.07, 6.45) is 0. The van der Waals surface area contributed by atoms with Gasteiger partial charge in [0.05, 0.1) is 5.69 Å². The minimum absolute atomic E-state index is 0.214. The van der Waals surface area contributed by atoms with Crippen molar-refractivity contribution in [2.75, 3.05) is 5.32 Å². The highest BCUT2D eigenvalue weighted by molar-refractivity contribution is 8.00. The Balaban J connectivity index is 1.10. The molecule has 0 saturated heterocycles. The van der Waals surface area contributed by atoms with Gasteiger partial charge < -0.3 is 9.73 Å². The van der Waals surface area contributed by atoms with Gasteiger partial charge in [-0.2, -0.15) is 0 Å². The molecule has 0 spiro atoms. The summed E-state index contributed by atoms with van der Waals surface area (Å²) in [6, 6.07) is 51.0. The Labute approximate surface area is 269 Å². The molecule has 1 aliphatic heterocycles. The first-order valence-electron chi connectivity index (χ1n) is 15.8. The largest absolute Gasteiger partial charge is 0.456 e. The average molecular weight is 604 g/mol. The number of benzene rings is 8. The molecule has 0 fully saturated rings. The van der Waals surface area contributed by atoms with Crippen molar-refractivity contribution in [3.63, 3.8) is 0 Å². The van der Waals surface area contributed by atoms with E-state index in [2.05, 4.69) is 139 Å². The maximum Gasteiger partial charge on any atom is 0.136 e. The zero-order valence-electron chi connectivity index (χ0n) is 24.7. The molecule has 8 aromatic carbocycles. The van der Waals surface area contributed by atoms with Crippen molar-refractivity contribution < 1.29 is 4.42 Å². The Hall–Kier alpha value is -5.51. The van der Waals surface area contributed by atoms with Crippen LogP contribution in [0.3, 0.4) is 0 Å². The molecule has 2 aliphatic rings. The molecule has 1 aliphatic carbocycles. The van der Waals surface area contributed by atoms with Crippen molar-refractivity contribution in [2.45, 2.75) is 10.3 Å². The van der Waals surface area contributed by atoms with Crippen LogP contribution in [-0.2, 0) is 0 Å². The Morgan fingerprint density at radius 1 is 0.500 bits per heavy atom. The molecule has 2 heterocycles. The topological polar surface area (TPSA) is 25.2 Å². The number of nitrogens with one attached hydrogen (secondary N) is 1. The van der Waals surface area contributed by atoms with E-state index in [0.29, 0.717) is 0 Å². The Bertz CT molecular complexity index is 2760. The van der Waals surface area contributed by atoms with Gasteiger partial charge in [-0.05, 0) is 90.1 Å². The Morgan fingerprint density at radius 3 is 2.24 bits per heavy atom. The minimum atomic E-state index is 0.214. The van der Waals surface area contributed by atoms with Crippen molar-refractivity contribution in [1.82, 2.24) is 0 Å². The van der Waals surface area contributed by atoms with Gasteiger partial charge in [0.2, 0.25) is 0 Å². The van der Waals surface area contributed by atoms with Crippen LogP contribution in [0.25, 0.3) is 87.6 Å². The van der Waals surface area contributed by atoms with Crippen molar-refractivity contribution in [3.8, 4) is 33.4 Å². The van der Waals surface area contributed by atoms with Gasteiger partial charge in [0.15, 0.2) is 0 Å². The van der Waals surface area contributed by atoms with E-state index in [-0.39, 0.29) is 5.37 Å². The summed E-state index contributed by atoms with van der Waals surface area (Å²) in [6.45, 7) is 0. The summed E-state index contributed by atoms with van der Waals surface area (Å²) in [5, 5.41) is 14.1. The molecular weight excluding hydrogens is 579 g/mol. The number of hydrogen-bond acceptors (Lipinski definition) is 3. The summed E-state index contributed by atoms with van der Waals surface area (Å²) >= 11 is 1.90. The molecule has 1 atom stereocenters. The van der Waals surface area contributed by atoms with E-state index >= 15 is 0 Å². The molecular formula is C43H25NOS. The van der Waals surface area contributed by atoms with Crippen LogP contribution in [0.15, 0.2) is 149 Å². The highest BCUT2D eigenvalue weighted by atomic mass is 32.2. The lowest BCUT2D eigenvalue weighted by Gasteiger charge is -2.14. The van der Waals surface area contributed by atoms with Crippen molar-refractivity contribution >= 4 is 71.7 Å². The molecule has 1 aromatic heterocycles. The molecule has 0 saturated carbocycles. The van der Waals surface area contributed by atoms with Gasteiger partial charge in [0.1, 0.15) is 16.5 Å². The van der Waals surface area contributed by atoms with E-state index in [4.69, 9.17) is 4.42 Å². The Morgan fingerprint density at radius 2 is 1.28 bits per heavy atom. The molecule has 0 radical (unpaired) electrons. The van der Waals surface area contributed by atoms with E-state index in [1.165, 1.54) is 92.6 Å². The number of hydrogen-bond donors (Lipinski definition) is 1. The zero-order valence-corrected chi connectivity index (χ0v) is 25.5. The average Bonchev–Trinajstić information content (AvgIpc) is 3.81. The van der Waals surface area contributed by atoms with Gasteiger partial charge in [-0.1, -0.05) is 127 Å². The van der Waals surface area contributed by atoms with Crippen molar-refractivity contribution in [3.05, 3.63) is 145 Å². The second kappa shape index (κ2) is 9.03. The van der Waals surface area contributed by atoms with Crippen LogP contribution < -0.4 is 5.32 Å². The molecule has 3 heteroatoms. The smallest absolute Gasteiger partial charge is 0.136 e.